The van der Waals surface area contributed by atoms with E-state index in [1.54, 1.807) is 12.0 Å². The lowest BCUT2D eigenvalue weighted by atomic mass is 10.0. The van der Waals surface area contributed by atoms with E-state index in [1.165, 1.54) is 25.9 Å². The van der Waals surface area contributed by atoms with Crippen LogP contribution in [0.2, 0.25) is 0 Å². The number of ether oxygens (including phenoxy) is 1. The first-order chi connectivity index (χ1) is 9.67. The molecule has 0 spiro atoms. The van der Waals surface area contributed by atoms with E-state index in [2.05, 4.69) is 12.2 Å². The maximum atomic E-state index is 12.0. The summed E-state index contributed by atoms with van der Waals surface area (Å²) in [6.45, 7) is 5.64. The monoisotopic (exact) mass is 277 g/mol. The van der Waals surface area contributed by atoms with Crippen LogP contribution in [-0.2, 0) is 4.79 Å². The minimum Gasteiger partial charge on any atom is -0.497 e. The highest BCUT2D eigenvalue weighted by Gasteiger charge is 2.20. The molecular weight excluding hydrogens is 252 g/mol. The summed E-state index contributed by atoms with van der Waals surface area (Å²) in [6, 6.07) is 7.48. The summed E-state index contributed by atoms with van der Waals surface area (Å²) in [5.74, 6) is 1.64. The molecule has 1 aliphatic heterocycles. The van der Waals surface area contributed by atoms with E-state index < -0.39 is 0 Å². The molecule has 1 heterocycles. The van der Waals surface area contributed by atoms with Gasteiger partial charge in [0.1, 0.15) is 5.75 Å². The standard InChI is InChI=1S/C16H24N2O2/c1-13-5-4-9-18(12-13)10-8-16(19)17-14-6-3-7-15(11-14)20-2/h3,6-7,11,13H,4-5,8-10,12H2,1-2H3,(H,17,19)/p+1/t13-/m1/s1. The maximum Gasteiger partial charge on any atom is 0.230 e. The molecule has 0 aromatic heterocycles. The number of hydrogen-bond acceptors (Lipinski definition) is 2. The van der Waals surface area contributed by atoms with Crippen molar-refractivity contribution in [1.29, 1.82) is 0 Å². The molecule has 4 heteroatoms. The summed E-state index contributed by atoms with van der Waals surface area (Å²) in [5.41, 5.74) is 0.802. The van der Waals surface area contributed by atoms with Crippen molar-refractivity contribution >= 4 is 11.6 Å². The van der Waals surface area contributed by atoms with Gasteiger partial charge in [0, 0.05) is 17.7 Å². The fourth-order valence-corrected chi connectivity index (χ4v) is 2.84. The molecule has 1 unspecified atom stereocenters. The summed E-state index contributed by atoms with van der Waals surface area (Å²) in [7, 11) is 1.63. The Morgan fingerprint density at radius 1 is 1.50 bits per heavy atom. The Bertz CT molecular complexity index is 448. The van der Waals surface area contributed by atoms with Crippen LogP contribution >= 0.6 is 0 Å². The topological polar surface area (TPSA) is 42.8 Å². The van der Waals surface area contributed by atoms with Gasteiger partial charge in [0.15, 0.2) is 0 Å². The summed E-state index contributed by atoms with van der Waals surface area (Å²) in [5, 5.41) is 2.94. The van der Waals surface area contributed by atoms with Crippen molar-refractivity contribution in [2.45, 2.75) is 26.2 Å². The Hall–Kier alpha value is -1.55. The van der Waals surface area contributed by atoms with E-state index in [-0.39, 0.29) is 5.91 Å². The number of benzene rings is 1. The van der Waals surface area contributed by atoms with E-state index >= 15 is 0 Å². The van der Waals surface area contributed by atoms with Crippen molar-refractivity contribution in [1.82, 2.24) is 0 Å². The van der Waals surface area contributed by atoms with Crippen LogP contribution in [-0.4, -0.2) is 32.7 Å². The van der Waals surface area contributed by atoms with Crippen LogP contribution in [0.25, 0.3) is 0 Å². The number of amides is 1. The van der Waals surface area contributed by atoms with E-state index in [9.17, 15) is 4.79 Å². The Morgan fingerprint density at radius 3 is 3.10 bits per heavy atom. The molecule has 0 saturated carbocycles. The second-order valence-electron chi connectivity index (χ2n) is 5.73. The van der Waals surface area contributed by atoms with Crippen LogP contribution in [0.5, 0.6) is 5.75 Å². The zero-order chi connectivity index (χ0) is 14.4. The average Bonchev–Trinajstić information content (AvgIpc) is 2.45. The smallest absolute Gasteiger partial charge is 0.230 e. The molecule has 20 heavy (non-hydrogen) atoms. The first-order valence-electron chi connectivity index (χ1n) is 7.45. The summed E-state index contributed by atoms with van der Waals surface area (Å²) in [4.78, 5) is 13.5. The third kappa shape index (κ3) is 4.53. The summed E-state index contributed by atoms with van der Waals surface area (Å²) >= 11 is 0. The Morgan fingerprint density at radius 2 is 2.35 bits per heavy atom. The molecule has 1 aromatic rings. The van der Waals surface area contributed by atoms with Gasteiger partial charge in [-0.15, -0.1) is 0 Å². The van der Waals surface area contributed by atoms with Crippen LogP contribution in [0.15, 0.2) is 24.3 Å². The molecule has 1 amide bonds. The lowest BCUT2D eigenvalue weighted by Crippen LogP contribution is -3.13. The number of carbonyl (C=O) groups excluding carboxylic acids is 1. The van der Waals surface area contributed by atoms with E-state index in [1.807, 2.05) is 24.3 Å². The van der Waals surface area contributed by atoms with Gasteiger partial charge >= 0.3 is 0 Å². The van der Waals surface area contributed by atoms with Gasteiger partial charge in [-0.25, -0.2) is 0 Å². The summed E-state index contributed by atoms with van der Waals surface area (Å²) < 4.78 is 5.15. The van der Waals surface area contributed by atoms with Crippen LogP contribution in [0, 0.1) is 5.92 Å². The number of anilines is 1. The molecule has 2 atom stereocenters. The van der Waals surface area contributed by atoms with Gasteiger partial charge in [-0.2, -0.15) is 0 Å². The number of carbonyl (C=O) groups is 1. The lowest BCUT2D eigenvalue weighted by molar-refractivity contribution is -0.907. The molecular formula is C16H25N2O2+. The zero-order valence-corrected chi connectivity index (χ0v) is 12.4. The predicted octanol–water partition coefficient (Wildman–Crippen LogP) is 1.34. The minimum absolute atomic E-state index is 0.0870. The van der Waals surface area contributed by atoms with Gasteiger partial charge in [-0.05, 0) is 25.0 Å². The van der Waals surface area contributed by atoms with E-state index in [4.69, 9.17) is 4.74 Å². The van der Waals surface area contributed by atoms with Gasteiger partial charge in [0.25, 0.3) is 0 Å². The molecule has 1 fully saturated rings. The van der Waals surface area contributed by atoms with Gasteiger partial charge in [-0.1, -0.05) is 13.0 Å². The van der Waals surface area contributed by atoms with Crippen molar-refractivity contribution in [2.75, 3.05) is 32.1 Å². The molecule has 110 valence electrons. The number of likely N-dealkylation sites (tertiary alicyclic amines) is 1. The average molecular weight is 277 g/mol. The molecule has 1 aliphatic rings. The van der Waals surface area contributed by atoms with Gasteiger partial charge in [0.05, 0.1) is 33.2 Å². The highest BCUT2D eigenvalue weighted by molar-refractivity contribution is 5.90. The SMILES string of the molecule is COc1cccc(NC(=O)CC[NH+]2CCC[C@@H](C)C2)c1. The molecule has 1 saturated heterocycles. The van der Waals surface area contributed by atoms with Crippen molar-refractivity contribution in [3.05, 3.63) is 24.3 Å². The van der Waals surface area contributed by atoms with Crippen LogP contribution in [0.1, 0.15) is 26.2 Å². The normalized spacial score (nSPS) is 22.3. The number of methoxy groups -OCH3 is 1. The van der Waals surface area contributed by atoms with Crippen molar-refractivity contribution in [3.8, 4) is 5.75 Å². The zero-order valence-electron chi connectivity index (χ0n) is 12.4. The minimum atomic E-state index is 0.0870. The quantitative estimate of drug-likeness (QED) is 0.853. The molecule has 1 aromatic carbocycles. The van der Waals surface area contributed by atoms with Crippen LogP contribution in [0.3, 0.4) is 0 Å². The predicted molar refractivity (Wildman–Crippen MR) is 80.2 cm³/mol. The third-order valence-electron chi connectivity index (χ3n) is 3.92. The van der Waals surface area contributed by atoms with Gasteiger partial charge in [0.2, 0.25) is 5.91 Å². The molecule has 0 aliphatic carbocycles. The van der Waals surface area contributed by atoms with Crippen LogP contribution < -0.4 is 15.0 Å². The summed E-state index contributed by atoms with van der Waals surface area (Å²) in [6.07, 6.45) is 3.20. The molecule has 2 rings (SSSR count). The lowest BCUT2D eigenvalue weighted by Gasteiger charge is -2.27. The molecule has 2 N–H and O–H groups in total. The number of nitrogens with one attached hydrogen (secondary N) is 2. The number of piperidine rings is 1. The maximum absolute atomic E-state index is 12.0. The van der Waals surface area contributed by atoms with Gasteiger partial charge in [-0.3, -0.25) is 4.79 Å². The van der Waals surface area contributed by atoms with E-state index in [0.29, 0.717) is 6.42 Å². The number of quaternary nitrogens is 1. The second kappa shape index (κ2) is 7.29. The Labute approximate surface area is 121 Å². The highest BCUT2D eigenvalue weighted by Crippen LogP contribution is 2.16. The molecule has 0 bridgehead atoms. The van der Waals surface area contributed by atoms with E-state index in [0.717, 1.165) is 23.9 Å². The molecule has 0 radical (unpaired) electrons. The number of rotatable bonds is 5. The Kier molecular flexibility index (Phi) is 5.41. The number of hydrogen-bond donors (Lipinski definition) is 2. The van der Waals surface area contributed by atoms with Crippen molar-refractivity contribution < 1.29 is 14.4 Å². The third-order valence-corrected chi connectivity index (χ3v) is 3.92. The fourth-order valence-electron chi connectivity index (χ4n) is 2.84. The highest BCUT2D eigenvalue weighted by atomic mass is 16.5. The van der Waals surface area contributed by atoms with Crippen LogP contribution in [0.4, 0.5) is 5.69 Å². The fraction of sp³-hybridized carbons (Fsp3) is 0.562. The Balaban J connectivity index is 1.77. The largest absolute Gasteiger partial charge is 0.497 e. The van der Waals surface area contributed by atoms with Gasteiger partial charge < -0.3 is 15.0 Å². The molecule has 4 nitrogen and oxygen atoms in total. The van der Waals surface area contributed by atoms with Crippen molar-refractivity contribution in [3.63, 3.8) is 0 Å². The second-order valence-corrected chi connectivity index (χ2v) is 5.73. The van der Waals surface area contributed by atoms with Crippen molar-refractivity contribution in [2.24, 2.45) is 5.92 Å². The first kappa shape index (κ1) is 14.9. The first-order valence-corrected chi connectivity index (χ1v) is 7.45.